The van der Waals surface area contributed by atoms with Gasteiger partial charge in [-0.1, -0.05) is 0 Å². The molecule has 1 aromatic rings. The first-order valence-corrected chi connectivity index (χ1v) is 5.50. The van der Waals surface area contributed by atoms with Gasteiger partial charge in [0.15, 0.2) is 11.5 Å². The van der Waals surface area contributed by atoms with Crippen LogP contribution in [0.5, 0.6) is 11.5 Å². The molecule has 17 heavy (non-hydrogen) atoms. The van der Waals surface area contributed by atoms with Crippen LogP contribution in [0.25, 0.3) is 0 Å². The Morgan fingerprint density at radius 1 is 1.24 bits per heavy atom. The summed E-state index contributed by atoms with van der Waals surface area (Å²) in [5.41, 5.74) is 6.72. The largest absolute Gasteiger partial charge is 0.493 e. The average molecular weight is 241 g/mol. The summed E-state index contributed by atoms with van der Waals surface area (Å²) in [5, 5.41) is 0. The highest BCUT2D eigenvalue weighted by molar-refractivity contribution is 5.52. The second-order valence-electron chi connectivity index (χ2n) is 4.64. The van der Waals surface area contributed by atoms with E-state index in [1.165, 1.54) is 14.0 Å². The van der Waals surface area contributed by atoms with Crippen LogP contribution in [0.4, 0.5) is 4.39 Å². The first-order chi connectivity index (χ1) is 7.81. The van der Waals surface area contributed by atoms with Crippen LogP contribution in [0.2, 0.25) is 0 Å². The summed E-state index contributed by atoms with van der Waals surface area (Å²) in [6.07, 6.45) is -1.07. The molecule has 0 radical (unpaired) electrons. The van der Waals surface area contributed by atoms with Gasteiger partial charge in [-0.15, -0.1) is 0 Å². The molecule has 1 atom stereocenters. The van der Waals surface area contributed by atoms with Crippen molar-refractivity contribution < 1.29 is 13.9 Å². The maximum atomic E-state index is 13.4. The van der Waals surface area contributed by atoms with Crippen LogP contribution in [0, 0.1) is 0 Å². The molecule has 0 saturated heterocycles. The van der Waals surface area contributed by atoms with Crippen LogP contribution in [-0.4, -0.2) is 14.2 Å². The summed E-state index contributed by atoms with van der Waals surface area (Å²) < 4.78 is 23.9. The number of halogens is 1. The molecule has 0 saturated carbocycles. The van der Waals surface area contributed by atoms with Gasteiger partial charge in [0.25, 0.3) is 0 Å². The Morgan fingerprint density at radius 2 is 1.82 bits per heavy atom. The molecular weight excluding hydrogens is 221 g/mol. The van der Waals surface area contributed by atoms with Gasteiger partial charge in [-0.05, 0) is 38.5 Å². The van der Waals surface area contributed by atoms with E-state index in [2.05, 4.69) is 0 Å². The second-order valence-corrected chi connectivity index (χ2v) is 4.64. The quantitative estimate of drug-likeness (QED) is 0.881. The van der Waals surface area contributed by atoms with Gasteiger partial charge < -0.3 is 15.2 Å². The number of ether oxygens (including phenoxy) is 2. The van der Waals surface area contributed by atoms with E-state index in [1.54, 1.807) is 19.2 Å². The lowest BCUT2D eigenvalue weighted by Gasteiger charge is -2.24. The van der Waals surface area contributed by atoms with E-state index in [0.717, 1.165) is 5.56 Å². The third kappa shape index (κ3) is 2.88. The lowest BCUT2D eigenvalue weighted by atomic mass is 9.91. The normalized spacial score (nSPS) is 13.4. The molecule has 1 unspecified atom stereocenters. The molecule has 0 aliphatic heterocycles. The van der Waals surface area contributed by atoms with Crippen molar-refractivity contribution in [1.82, 2.24) is 0 Å². The first-order valence-electron chi connectivity index (χ1n) is 5.50. The SMILES string of the molecule is COc1cc(C(C)F)cc(C(C)(C)N)c1OC. The lowest BCUT2D eigenvalue weighted by Crippen LogP contribution is -2.29. The molecule has 3 nitrogen and oxygen atoms in total. The number of methoxy groups -OCH3 is 2. The van der Waals surface area contributed by atoms with Gasteiger partial charge in [0, 0.05) is 11.1 Å². The Hall–Kier alpha value is -1.29. The van der Waals surface area contributed by atoms with Crippen LogP contribution >= 0.6 is 0 Å². The maximum absolute atomic E-state index is 13.4. The zero-order valence-corrected chi connectivity index (χ0v) is 11.0. The Kier molecular flexibility index (Phi) is 3.98. The molecule has 0 aromatic heterocycles. The van der Waals surface area contributed by atoms with E-state index in [9.17, 15) is 4.39 Å². The van der Waals surface area contributed by atoms with Gasteiger partial charge in [0.2, 0.25) is 0 Å². The van der Waals surface area contributed by atoms with E-state index in [-0.39, 0.29) is 0 Å². The zero-order valence-electron chi connectivity index (χ0n) is 11.0. The molecule has 0 fully saturated rings. The maximum Gasteiger partial charge on any atom is 0.165 e. The smallest absolute Gasteiger partial charge is 0.165 e. The van der Waals surface area contributed by atoms with Crippen LogP contribution < -0.4 is 15.2 Å². The van der Waals surface area contributed by atoms with Gasteiger partial charge >= 0.3 is 0 Å². The van der Waals surface area contributed by atoms with Crippen molar-refractivity contribution in [2.45, 2.75) is 32.5 Å². The lowest BCUT2D eigenvalue weighted by molar-refractivity contribution is 0.336. The van der Waals surface area contributed by atoms with Gasteiger partial charge in [0.1, 0.15) is 6.17 Å². The number of hydrogen-bond donors (Lipinski definition) is 1. The monoisotopic (exact) mass is 241 g/mol. The van der Waals surface area contributed by atoms with E-state index >= 15 is 0 Å². The van der Waals surface area contributed by atoms with Crippen molar-refractivity contribution in [2.75, 3.05) is 14.2 Å². The molecular formula is C13H20FNO2. The minimum absolute atomic E-state index is 0.503. The molecule has 1 rings (SSSR count). The molecule has 1 aromatic carbocycles. The fourth-order valence-electron chi connectivity index (χ4n) is 1.69. The number of nitrogens with two attached hydrogens (primary N) is 1. The van der Waals surface area contributed by atoms with Crippen molar-refractivity contribution >= 4 is 0 Å². The van der Waals surface area contributed by atoms with Crippen LogP contribution in [-0.2, 0) is 5.54 Å². The van der Waals surface area contributed by atoms with Gasteiger partial charge in [0.05, 0.1) is 14.2 Å². The van der Waals surface area contributed by atoms with Crippen LogP contribution in [0.15, 0.2) is 12.1 Å². The van der Waals surface area contributed by atoms with Crippen molar-refractivity contribution in [3.63, 3.8) is 0 Å². The summed E-state index contributed by atoms with van der Waals surface area (Å²) in [7, 11) is 3.07. The minimum atomic E-state index is -1.07. The second kappa shape index (κ2) is 4.92. The zero-order chi connectivity index (χ0) is 13.2. The highest BCUT2D eigenvalue weighted by Gasteiger charge is 2.24. The predicted molar refractivity (Wildman–Crippen MR) is 66.3 cm³/mol. The number of rotatable bonds is 4. The highest BCUT2D eigenvalue weighted by atomic mass is 19.1. The minimum Gasteiger partial charge on any atom is -0.493 e. The van der Waals surface area contributed by atoms with Crippen LogP contribution in [0.3, 0.4) is 0 Å². The van der Waals surface area contributed by atoms with Crippen molar-refractivity contribution in [2.24, 2.45) is 5.73 Å². The summed E-state index contributed by atoms with van der Waals surface area (Å²) in [6, 6.07) is 3.37. The summed E-state index contributed by atoms with van der Waals surface area (Å²) >= 11 is 0. The van der Waals surface area contributed by atoms with Gasteiger partial charge in [-0.2, -0.15) is 0 Å². The number of hydrogen-bond acceptors (Lipinski definition) is 3. The number of benzene rings is 1. The topological polar surface area (TPSA) is 44.5 Å². The molecule has 0 amide bonds. The molecule has 4 heteroatoms. The summed E-state index contributed by atoms with van der Waals surface area (Å²) in [5.74, 6) is 1.06. The van der Waals surface area contributed by atoms with Crippen molar-refractivity contribution in [3.8, 4) is 11.5 Å². The Morgan fingerprint density at radius 3 is 2.18 bits per heavy atom. The predicted octanol–water partition coefficient (Wildman–Crippen LogP) is 2.93. The Balaban J connectivity index is 3.48. The fourth-order valence-corrected chi connectivity index (χ4v) is 1.69. The summed E-state index contributed by atoms with van der Waals surface area (Å²) in [4.78, 5) is 0. The fraction of sp³-hybridized carbons (Fsp3) is 0.538. The van der Waals surface area contributed by atoms with Crippen molar-refractivity contribution in [1.29, 1.82) is 0 Å². The highest BCUT2D eigenvalue weighted by Crippen LogP contribution is 2.39. The number of alkyl halides is 1. The van der Waals surface area contributed by atoms with E-state index in [0.29, 0.717) is 17.1 Å². The van der Waals surface area contributed by atoms with Gasteiger partial charge in [-0.25, -0.2) is 4.39 Å². The van der Waals surface area contributed by atoms with E-state index < -0.39 is 11.7 Å². The third-order valence-electron chi connectivity index (χ3n) is 2.65. The Labute approximate surface area is 102 Å². The van der Waals surface area contributed by atoms with Crippen molar-refractivity contribution in [3.05, 3.63) is 23.3 Å². The molecule has 0 aliphatic rings. The Bertz CT molecular complexity index is 397. The van der Waals surface area contributed by atoms with Crippen LogP contribution in [0.1, 0.15) is 38.1 Å². The third-order valence-corrected chi connectivity index (χ3v) is 2.65. The molecule has 2 N–H and O–H groups in total. The van der Waals surface area contributed by atoms with E-state index in [1.807, 2.05) is 13.8 Å². The molecule has 0 aliphatic carbocycles. The van der Waals surface area contributed by atoms with Gasteiger partial charge in [-0.3, -0.25) is 0 Å². The molecule has 0 heterocycles. The first kappa shape index (κ1) is 13.8. The molecule has 0 spiro atoms. The van der Waals surface area contributed by atoms with E-state index in [4.69, 9.17) is 15.2 Å². The summed E-state index contributed by atoms with van der Waals surface area (Å²) in [6.45, 7) is 5.17. The average Bonchev–Trinajstić information content (AvgIpc) is 2.25. The standard InChI is InChI=1S/C13H20FNO2/c1-8(14)9-6-10(13(2,3)15)12(17-5)11(7-9)16-4/h6-8H,15H2,1-5H3. The molecule has 96 valence electrons. The molecule has 0 bridgehead atoms.